The second kappa shape index (κ2) is 9.62. The average molecular weight is 468 g/mol. The number of aliphatic hydroxyl groups excluding tert-OH is 1. The van der Waals surface area contributed by atoms with Gasteiger partial charge in [0.1, 0.15) is 5.75 Å². The van der Waals surface area contributed by atoms with E-state index < -0.39 is 23.7 Å². The Hall–Kier alpha value is -3.04. The lowest BCUT2D eigenvalue weighted by Crippen LogP contribution is -2.28. The summed E-state index contributed by atoms with van der Waals surface area (Å²) in [6.45, 7) is 1.28. The van der Waals surface area contributed by atoms with Gasteiger partial charge in [-0.05, 0) is 42.8 Å². The topological polar surface area (TPSA) is 76.4 Å². The monoisotopic (exact) mass is 467 g/mol. The van der Waals surface area contributed by atoms with Gasteiger partial charge >= 0.3 is 6.18 Å². The molecule has 32 heavy (non-hydrogen) atoms. The van der Waals surface area contributed by atoms with Crippen molar-refractivity contribution >= 4 is 17.5 Å². The number of carbonyl (C=O) groups excluding carboxylic acids is 1. The molecule has 170 valence electrons. The first kappa shape index (κ1) is 23.6. The molecule has 10 heteroatoms. The predicted octanol–water partition coefficient (Wildman–Crippen LogP) is 4.47. The first-order chi connectivity index (χ1) is 15.1. The number of nitrogens with one attached hydrogen (secondary N) is 1. The van der Waals surface area contributed by atoms with E-state index in [0.29, 0.717) is 27.6 Å². The Bertz CT molecular complexity index is 1120. The van der Waals surface area contributed by atoms with Crippen molar-refractivity contribution in [2.75, 3.05) is 7.11 Å². The Balaban J connectivity index is 1.83. The lowest BCUT2D eigenvalue weighted by Gasteiger charge is -2.15. The van der Waals surface area contributed by atoms with Gasteiger partial charge in [-0.1, -0.05) is 29.8 Å². The molecule has 1 aromatic heterocycles. The quantitative estimate of drug-likeness (QED) is 0.537. The number of aromatic nitrogens is 2. The van der Waals surface area contributed by atoms with E-state index in [4.69, 9.17) is 16.3 Å². The molecule has 0 aliphatic heterocycles. The molecule has 0 aliphatic rings. The number of rotatable bonds is 7. The molecule has 3 rings (SSSR count). The Kier molecular flexibility index (Phi) is 7.10. The Morgan fingerprint density at radius 3 is 2.62 bits per heavy atom. The number of amides is 1. The van der Waals surface area contributed by atoms with Crippen molar-refractivity contribution in [3.63, 3.8) is 0 Å². The van der Waals surface area contributed by atoms with Crippen molar-refractivity contribution in [1.82, 2.24) is 15.1 Å². The third-order valence-corrected chi connectivity index (χ3v) is 5.18. The van der Waals surface area contributed by atoms with Crippen LogP contribution in [0.3, 0.4) is 0 Å². The molecule has 3 aromatic rings. The minimum absolute atomic E-state index is 0.147. The number of alkyl halides is 3. The van der Waals surface area contributed by atoms with Crippen molar-refractivity contribution in [3.05, 3.63) is 76.1 Å². The smallest absolute Gasteiger partial charge is 0.435 e. The van der Waals surface area contributed by atoms with E-state index in [1.165, 1.54) is 13.2 Å². The average Bonchev–Trinajstić information content (AvgIpc) is 3.21. The highest BCUT2D eigenvalue weighted by Crippen LogP contribution is 2.30. The third kappa shape index (κ3) is 5.23. The summed E-state index contributed by atoms with van der Waals surface area (Å²) in [6, 6.07) is 12.1. The van der Waals surface area contributed by atoms with Crippen LogP contribution in [-0.4, -0.2) is 27.9 Å². The minimum Gasteiger partial charge on any atom is -0.496 e. The fourth-order valence-electron chi connectivity index (χ4n) is 3.16. The first-order valence-electron chi connectivity index (χ1n) is 9.61. The number of nitrogens with zero attached hydrogens (tertiary/aromatic N) is 2. The molecule has 1 amide bonds. The first-order valence-corrected chi connectivity index (χ1v) is 9.99. The normalized spacial score (nSPS) is 12.5. The summed E-state index contributed by atoms with van der Waals surface area (Å²) < 4.78 is 46.1. The molecule has 0 spiro atoms. The van der Waals surface area contributed by atoms with Gasteiger partial charge in [-0.3, -0.25) is 4.79 Å². The number of methoxy groups -OCH3 is 1. The van der Waals surface area contributed by atoms with E-state index in [-0.39, 0.29) is 18.8 Å². The van der Waals surface area contributed by atoms with Gasteiger partial charge in [0, 0.05) is 10.6 Å². The number of carbonyl (C=O) groups is 1. The Morgan fingerprint density at radius 1 is 1.25 bits per heavy atom. The lowest BCUT2D eigenvalue weighted by molar-refractivity contribution is -0.141. The van der Waals surface area contributed by atoms with E-state index in [1.807, 2.05) is 0 Å². The molecule has 0 aliphatic carbocycles. The van der Waals surface area contributed by atoms with E-state index >= 15 is 0 Å². The summed E-state index contributed by atoms with van der Waals surface area (Å²) in [5.41, 5.74) is 0.631. The third-order valence-electron chi connectivity index (χ3n) is 4.94. The van der Waals surface area contributed by atoms with Gasteiger partial charge in [0.15, 0.2) is 5.69 Å². The molecule has 1 atom stereocenters. The molecule has 1 heterocycles. The van der Waals surface area contributed by atoms with E-state index in [2.05, 4.69) is 10.4 Å². The fraction of sp³-hybridized carbons (Fsp3) is 0.273. The lowest BCUT2D eigenvalue weighted by atomic mass is 9.98. The maximum absolute atomic E-state index is 13.2. The highest BCUT2D eigenvalue weighted by molar-refractivity contribution is 6.30. The second-order valence-corrected chi connectivity index (χ2v) is 7.52. The van der Waals surface area contributed by atoms with Crippen LogP contribution in [0, 0.1) is 0 Å². The van der Waals surface area contributed by atoms with Gasteiger partial charge in [-0.25, -0.2) is 4.68 Å². The number of aliphatic hydroxyl groups is 1. The fourth-order valence-corrected chi connectivity index (χ4v) is 3.34. The van der Waals surface area contributed by atoms with Crippen molar-refractivity contribution in [2.24, 2.45) is 0 Å². The van der Waals surface area contributed by atoms with Crippen molar-refractivity contribution in [2.45, 2.75) is 32.2 Å². The van der Waals surface area contributed by atoms with Crippen LogP contribution in [0.25, 0.3) is 5.69 Å². The van der Waals surface area contributed by atoms with Crippen LogP contribution in [0.2, 0.25) is 5.02 Å². The number of hydrogen-bond donors (Lipinski definition) is 2. The highest BCUT2D eigenvalue weighted by atomic mass is 35.5. The number of ether oxygens (including phenoxy) is 1. The van der Waals surface area contributed by atoms with Crippen molar-refractivity contribution in [3.8, 4) is 11.4 Å². The molecule has 0 radical (unpaired) electrons. The molecule has 6 nitrogen and oxygen atoms in total. The van der Waals surface area contributed by atoms with Gasteiger partial charge < -0.3 is 15.2 Å². The zero-order chi connectivity index (χ0) is 23.5. The molecule has 0 saturated carbocycles. The van der Waals surface area contributed by atoms with Crippen molar-refractivity contribution < 1.29 is 27.8 Å². The summed E-state index contributed by atoms with van der Waals surface area (Å²) in [5, 5.41) is 16.0. The molecule has 2 N–H and O–H groups in total. The summed E-state index contributed by atoms with van der Waals surface area (Å²) in [7, 11) is 1.46. The molecule has 0 bridgehead atoms. The maximum Gasteiger partial charge on any atom is 0.435 e. The standard InChI is InChI=1S/C22H21ClF3N3O3/c1-13(14-6-7-15(12-30)19(8-14)32-2)21(31)27-11-18-10-20(22(24,25)26)28-29(18)17-5-3-4-16(23)9-17/h3-10,13,30H,11-12H2,1-2H3,(H,27,31). The van der Waals surface area contributed by atoms with Crippen LogP contribution in [0.4, 0.5) is 13.2 Å². The van der Waals surface area contributed by atoms with E-state index in [0.717, 1.165) is 10.7 Å². The molecule has 2 aromatic carbocycles. The largest absolute Gasteiger partial charge is 0.496 e. The Morgan fingerprint density at radius 2 is 2.00 bits per heavy atom. The van der Waals surface area contributed by atoms with E-state index in [1.54, 1.807) is 43.3 Å². The van der Waals surface area contributed by atoms with Gasteiger partial charge in [0.05, 0.1) is 37.6 Å². The summed E-state index contributed by atoms with van der Waals surface area (Å²) in [4.78, 5) is 12.7. The van der Waals surface area contributed by atoms with Gasteiger partial charge in [-0.15, -0.1) is 0 Å². The van der Waals surface area contributed by atoms with Crippen LogP contribution in [-0.2, 0) is 24.1 Å². The Labute approximate surface area is 187 Å². The molecule has 0 fully saturated rings. The maximum atomic E-state index is 13.2. The SMILES string of the molecule is COc1cc(C(C)C(=O)NCc2cc(C(F)(F)F)nn2-c2cccc(Cl)c2)ccc1CO. The van der Waals surface area contributed by atoms with Gasteiger partial charge in [-0.2, -0.15) is 18.3 Å². The predicted molar refractivity (Wildman–Crippen MR) is 113 cm³/mol. The second-order valence-electron chi connectivity index (χ2n) is 7.08. The van der Waals surface area contributed by atoms with Crippen LogP contribution in [0.5, 0.6) is 5.75 Å². The number of benzene rings is 2. The van der Waals surface area contributed by atoms with Gasteiger partial charge in [0.25, 0.3) is 0 Å². The van der Waals surface area contributed by atoms with Crippen LogP contribution in [0.1, 0.15) is 35.4 Å². The van der Waals surface area contributed by atoms with Crippen LogP contribution >= 0.6 is 11.6 Å². The molecule has 0 saturated heterocycles. The number of hydrogen-bond acceptors (Lipinski definition) is 4. The molecular weight excluding hydrogens is 447 g/mol. The number of halogens is 4. The zero-order valence-corrected chi connectivity index (χ0v) is 18.0. The zero-order valence-electron chi connectivity index (χ0n) is 17.3. The highest BCUT2D eigenvalue weighted by Gasteiger charge is 2.35. The minimum atomic E-state index is -4.64. The molecule has 1 unspecified atom stereocenters. The summed E-state index contributed by atoms with van der Waals surface area (Å²) in [6.07, 6.45) is -4.64. The summed E-state index contributed by atoms with van der Waals surface area (Å²) >= 11 is 5.97. The van der Waals surface area contributed by atoms with Crippen LogP contribution in [0.15, 0.2) is 48.5 Å². The van der Waals surface area contributed by atoms with Crippen LogP contribution < -0.4 is 10.1 Å². The van der Waals surface area contributed by atoms with Gasteiger partial charge in [0.2, 0.25) is 5.91 Å². The summed E-state index contributed by atoms with van der Waals surface area (Å²) in [5.74, 6) is -0.559. The van der Waals surface area contributed by atoms with Crippen molar-refractivity contribution in [1.29, 1.82) is 0 Å². The molecular formula is C22H21ClF3N3O3. The van der Waals surface area contributed by atoms with E-state index in [9.17, 15) is 23.1 Å².